The van der Waals surface area contributed by atoms with Gasteiger partial charge >= 0.3 is 6.18 Å². The number of hydrogen-bond acceptors (Lipinski definition) is 4. The number of pyridine rings is 1. The maximum absolute atomic E-state index is 13.0. The van der Waals surface area contributed by atoms with E-state index in [1.807, 2.05) is 18.2 Å². The normalized spacial score (nSPS) is 11.8. The van der Waals surface area contributed by atoms with Gasteiger partial charge in [0.1, 0.15) is 11.3 Å². The fourth-order valence-corrected chi connectivity index (χ4v) is 2.57. The van der Waals surface area contributed by atoms with E-state index < -0.39 is 11.7 Å². The van der Waals surface area contributed by atoms with Gasteiger partial charge in [0, 0.05) is 26.9 Å². The first kappa shape index (κ1) is 14.9. The lowest BCUT2D eigenvalue weighted by Gasteiger charge is -2.11. The largest absolute Gasteiger partial charge is 0.418 e. The van der Waals surface area contributed by atoms with E-state index >= 15 is 0 Å². The molecule has 0 fully saturated rings. The molecule has 0 aliphatic carbocycles. The van der Waals surface area contributed by atoms with Gasteiger partial charge in [0.05, 0.1) is 5.56 Å². The van der Waals surface area contributed by atoms with Crippen LogP contribution in [0.5, 0.6) is 0 Å². The zero-order chi connectivity index (χ0) is 15.9. The van der Waals surface area contributed by atoms with Crippen LogP contribution in [-0.4, -0.2) is 15.0 Å². The van der Waals surface area contributed by atoms with Crippen LogP contribution < -0.4 is 5.73 Å². The first-order valence-corrected chi connectivity index (χ1v) is 7.18. The van der Waals surface area contributed by atoms with E-state index in [1.54, 1.807) is 6.07 Å². The molecule has 0 spiro atoms. The number of nitrogens with zero attached hydrogens (tertiary/aromatic N) is 3. The third-order valence-electron chi connectivity index (χ3n) is 3.04. The van der Waals surface area contributed by atoms with Crippen molar-refractivity contribution in [3.8, 4) is 11.4 Å². The van der Waals surface area contributed by atoms with Gasteiger partial charge < -0.3 is 5.73 Å². The van der Waals surface area contributed by atoms with Gasteiger partial charge in [0.15, 0.2) is 5.82 Å². The Bertz CT molecular complexity index is 864. The second-order valence-electron chi connectivity index (χ2n) is 4.52. The van der Waals surface area contributed by atoms with Gasteiger partial charge in [-0.2, -0.15) is 13.2 Å². The van der Waals surface area contributed by atoms with Crippen LogP contribution in [0, 0.1) is 3.57 Å². The summed E-state index contributed by atoms with van der Waals surface area (Å²) in [6.45, 7) is 0. The van der Waals surface area contributed by atoms with Crippen LogP contribution in [0.25, 0.3) is 22.3 Å². The number of hydrogen-bond donors (Lipinski definition) is 1. The van der Waals surface area contributed by atoms with Crippen molar-refractivity contribution in [3.05, 3.63) is 45.8 Å². The highest BCUT2D eigenvalue weighted by atomic mass is 127. The minimum Gasteiger partial charge on any atom is -0.382 e. The first-order valence-electron chi connectivity index (χ1n) is 6.10. The maximum Gasteiger partial charge on any atom is 0.418 e. The molecule has 0 aliphatic rings. The van der Waals surface area contributed by atoms with E-state index in [1.165, 1.54) is 0 Å². The summed E-state index contributed by atoms with van der Waals surface area (Å²) < 4.78 is 39.9. The SMILES string of the molecule is Nc1ncc(C(F)(F)F)c2cnc(-c3cccc(I)c3)nc12. The van der Waals surface area contributed by atoms with Crippen LogP contribution in [0.2, 0.25) is 0 Å². The van der Waals surface area contributed by atoms with Crippen molar-refractivity contribution in [2.24, 2.45) is 0 Å². The monoisotopic (exact) mass is 416 g/mol. The standard InChI is InChI=1S/C14H8F3IN4/c15-14(16,17)10-6-20-12(19)11-9(10)5-21-13(22-11)7-2-1-3-8(18)4-7/h1-6H,(H2,19,20). The van der Waals surface area contributed by atoms with Crippen molar-refractivity contribution in [3.63, 3.8) is 0 Å². The summed E-state index contributed by atoms with van der Waals surface area (Å²) in [5.41, 5.74) is 5.48. The number of benzene rings is 1. The van der Waals surface area contributed by atoms with Crippen LogP contribution in [0.3, 0.4) is 0 Å². The fourth-order valence-electron chi connectivity index (χ4n) is 2.03. The molecule has 1 aromatic carbocycles. The summed E-state index contributed by atoms with van der Waals surface area (Å²) >= 11 is 2.13. The second-order valence-corrected chi connectivity index (χ2v) is 5.77. The minimum absolute atomic E-state index is 0.00122. The molecule has 0 bridgehead atoms. The van der Waals surface area contributed by atoms with Crippen LogP contribution in [0.4, 0.5) is 19.0 Å². The molecule has 0 saturated carbocycles. The molecule has 112 valence electrons. The predicted octanol–water partition coefficient (Wildman–Crippen LogP) is 3.90. The number of aromatic nitrogens is 3. The molecule has 0 radical (unpaired) electrons. The first-order chi connectivity index (χ1) is 10.4. The number of rotatable bonds is 1. The van der Waals surface area contributed by atoms with Crippen molar-refractivity contribution in [1.82, 2.24) is 15.0 Å². The Morgan fingerprint density at radius 3 is 2.55 bits per heavy atom. The molecule has 0 amide bonds. The predicted molar refractivity (Wildman–Crippen MR) is 84.9 cm³/mol. The molecule has 8 heteroatoms. The highest BCUT2D eigenvalue weighted by Gasteiger charge is 2.34. The topological polar surface area (TPSA) is 64.7 Å². The fraction of sp³-hybridized carbons (Fsp3) is 0.0714. The molecule has 0 saturated heterocycles. The van der Waals surface area contributed by atoms with E-state index in [9.17, 15) is 13.2 Å². The number of alkyl halides is 3. The van der Waals surface area contributed by atoms with E-state index in [2.05, 4.69) is 37.5 Å². The number of fused-ring (bicyclic) bond motifs is 1. The van der Waals surface area contributed by atoms with E-state index in [0.717, 1.165) is 9.77 Å². The zero-order valence-electron chi connectivity index (χ0n) is 10.9. The Morgan fingerprint density at radius 2 is 1.86 bits per heavy atom. The Balaban J connectivity index is 2.25. The van der Waals surface area contributed by atoms with E-state index in [0.29, 0.717) is 17.6 Å². The molecule has 0 aliphatic heterocycles. The smallest absolute Gasteiger partial charge is 0.382 e. The average Bonchev–Trinajstić information content (AvgIpc) is 2.46. The number of nitrogen functional groups attached to an aromatic ring is 1. The zero-order valence-corrected chi connectivity index (χ0v) is 13.1. The van der Waals surface area contributed by atoms with Gasteiger partial charge in [-0.25, -0.2) is 15.0 Å². The molecular weight excluding hydrogens is 408 g/mol. The number of halogens is 4. The minimum atomic E-state index is -4.54. The molecular formula is C14H8F3IN4. The van der Waals surface area contributed by atoms with Crippen LogP contribution in [0.15, 0.2) is 36.7 Å². The summed E-state index contributed by atoms with van der Waals surface area (Å²) in [6.07, 6.45) is -2.70. The molecule has 0 atom stereocenters. The molecule has 2 aromatic heterocycles. The van der Waals surface area contributed by atoms with Crippen molar-refractivity contribution in [2.75, 3.05) is 5.73 Å². The molecule has 22 heavy (non-hydrogen) atoms. The quantitative estimate of drug-likeness (QED) is 0.612. The second kappa shape index (κ2) is 5.34. The molecule has 4 nitrogen and oxygen atoms in total. The Labute approximate surface area is 136 Å². The van der Waals surface area contributed by atoms with Crippen molar-refractivity contribution >= 4 is 39.3 Å². The average molecular weight is 416 g/mol. The van der Waals surface area contributed by atoms with Gasteiger partial charge in [0.2, 0.25) is 0 Å². The lowest BCUT2D eigenvalue weighted by atomic mass is 10.1. The van der Waals surface area contributed by atoms with Crippen molar-refractivity contribution in [1.29, 1.82) is 0 Å². The van der Waals surface area contributed by atoms with Crippen LogP contribution in [-0.2, 0) is 6.18 Å². The van der Waals surface area contributed by atoms with Gasteiger partial charge in [-0.15, -0.1) is 0 Å². The lowest BCUT2D eigenvalue weighted by molar-refractivity contribution is -0.136. The van der Waals surface area contributed by atoms with Gasteiger partial charge in [-0.3, -0.25) is 0 Å². The highest BCUT2D eigenvalue weighted by molar-refractivity contribution is 14.1. The lowest BCUT2D eigenvalue weighted by Crippen LogP contribution is -2.09. The third-order valence-corrected chi connectivity index (χ3v) is 3.71. The van der Waals surface area contributed by atoms with Gasteiger partial charge in [-0.05, 0) is 34.7 Å². The Kier molecular flexibility index (Phi) is 3.63. The van der Waals surface area contributed by atoms with Crippen molar-refractivity contribution in [2.45, 2.75) is 6.18 Å². The number of anilines is 1. The molecule has 2 heterocycles. The summed E-state index contributed by atoms with van der Waals surface area (Å²) in [5, 5.41) is -0.158. The summed E-state index contributed by atoms with van der Waals surface area (Å²) in [7, 11) is 0. The number of nitrogens with two attached hydrogens (primary N) is 1. The molecule has 2 N–H and O–H groups in total. The molecule has 3 rings (SSSR count). The van der Waals surface area contributed by atoms with Crippen LogP contribution >= 0.6 is 22.6 Å². The van der Waals surface area contributed by atoms with E-state index in [4.69, 9.17) is 5.73 Å². The summed E-state index contributed by atoms with van der Waals surface area (Å²) in [5.74, 6) is 0.246. The Hall–Kier alpha value is -1.97. The highest BCUT2D eigenvalue weighted by Crippen LogP contribution is 2.35. The molecule has 3 aromatic rings. The van der Waals surface area contributed by atoms with Crippen LogP contribution in [0.1, 0.15) is 5.56 Å². The Morgan fingerprint density at radius 1 is 1.09 bits per heavy atom. The van der Waals surface area contributed by atoms with Crippen molar-refractivity contribution < 1.29 is 13.2 Å². The molecule has 0 unspecified atom stereocenters. The van der Waals surface area contributed by atoms with E-state index in [-0.39, 0.29) is 16.7 Å². The summed E-state index contributed by atoms with van der Waals surface area (Å²) in [6, 6.07) is 7.32. The summed E-state index contributed by atoms with van der Waals surface area (Å²) in [4.78, 5) is 11.8. The van der Waals surface area contributed by atoms with Gasteiger partial charge in [0.25, 0.3) is 0 Å². The maximum atomic E-state index is 13.0. The van der Waals surface area contributed by atoms with Gasteiger partial charge in [-0.1, -0.05) is 12.1 Å². The third kappa shape index (κ3) is 2.70.